The van der Waals surface area contributed by atoms with Gasteiger partial charge in [0, 0.05) is 37.8 Å². The van der Waals surface area contributed by atoms with Crippen molar-refractivity contribution in [3.8, 4) is 11.4 Å². The molecule has 0 bridgehead atoms. The summed E-state index contributed by atoms with van der Waals surface area (Å²) in [6, 6.07) is 7.57. The number of aryl methyl sites for hydroxylation is 1. The molecule has 1 aromatic carbocycles. The van der Waals surface area contributed by atoms with Crippen molar-refractivity contribution in [3.63, 3.8) is 0 Å². The molecule has 1 aromatic heterocycles. The molecule has 2 N–H and O–H groups in total. The van der Waals surface area contributed by atoms with Gasteiger partial charge in [-0.05, 0) is 25.0 Å². The lowest BCUT2D eigenvalue weighted by Crippen LogP contribution is -2.47. The van der Waals surface area contributed by atoms with Gasteiger partial charge in [-0.25, -0.2) is 9.78 Å². The van der Waals surface area contributed by atoms with E-state index in [4.69, 9.17) is 4.74 Å². The van der Waals surface area contributed by atoms with Gasteiger partial charge in [-0.3, -0.25) is 0 Å². The average Bonchev–Trinajstić information content (AvgIpc) is 3.01. The van der Waals surface area contributed by atoms with Gasteiger partial charge >= 0.3 is 6.03 Å². The molecule has 128 valence electrons. The van der Waals surface area contributed by atoms with E-state index in [-0.39, 0.29) is 18.2 Å². The first-order chi connectivity index (χ1) is 11.7. The quantitative estimate of drug-likeness (QED) is 0.906. The minimum atomic E-state index is -0.194. The van der Waals surface area contributed by atoms with Gasteiger partial charge in [-0.15, -0.1) is 0 Å². The maximum atomic E-state index is 12.3. The largest absolute Gasteiger partial charge is 0.379 e. The standard InChI is InChI=1S/C18H24N4O2/c1-22-11-10-19-17(22)13-6-5-7-14(12-13)20-18(23)21-15-8-3-4-9-16(15)24-2/h5-7,10-12,15-16H,3-4,8-9H2,1-2H3,(H2,20,21,23). The maximum absolute atomic E-state index is 12.3. The highest BCUT2D eigenvalue weighted by Crippen LogP contribution is 2.22. The van der Waals surface area contributed by atoms with Crippen LogP contribution in [0.2, 0.25) is 0 Å². The van der Waals surface area contributed by atoms with E-state index in [1.54, 1.807) is 13.3 Å². The first kappa shape index (κ1) is 16.5. The lowest BCUT2D eigenvalue weighted by Gasteiger charge is -2.31. The number of nitrogens with zero attached hydrogens (tertiary/aromatic N) is 2. The fourth-order valence-electron chi connectivity index (χ4n) is 3.26. The third-order valence-corrected chi connectivity index (χ3v) is 4.52. The van der Waals surface area contributed by atoms with Gasteiger partial charge in [0.2, 0.25) is 0 Å². The summed E-state index contributed by atoms with van der Waals surface area (Å²) >= 11 is 0. The number of anilines is 1. The van der Waals surface area contributed by atoms with Crippen LogP contribution in [-0.2, 0) is 11.8 Å². The molecule has 0 spiro atoms. The average molecular weight is 328 g/mol. The second kappa shape index (κ2) is 7.49. The van der Waals surface area contributed by atoms with Crippen LogP contribution in [0.15, 0.2) is 36.7 Å². The lowest BCUT2D eigenvalue weighted by atomic mass is 9.92. The van der Waals surface area contributed by atoms with Gasteiger partial charge in [0.25, 0.3) is 0 Å². The van der Waals surface area contributed by atoms with Crippen molar-refractivity contribution >= 4 is 11.7 Å². The molecule has 1 fully saturated rings. The summed E-state index contributed by atoms with van der Waals surface area (Å²) in [5.74, 6) is 0.866. The first-order valence-electron chi connectivity index (χ1n) is 8.35. The van der Waals surface area contributed by atoms with E-state index in [1.165, 1.54) is 0 Å². The van der Waals surface area contributed by atoms with Crippen LogP contribution in [0, 0.1) is 0 Å². The summed E-state index contributed by atoms with van der Waals surface area (Å²) in [5, 5.41) is 5.95. The van der Waals surface area contributed by atoms with Gasteiger partial charge in [0.1, 0.15) is 5.82 Å². The van der Waals surface area contributed by atoms with E-state index in [2.05, 4.69) is 15.6 Å². The Balaban J connectivity index is 1.65. The van der Waals surface area contributed by atoms with E-state index in [0.29, 0.717) is 0 Å². The molecular weight excluding hydrogens is 304 g/mol. The number of nitrogens with one attached hydrogen (secondary N) is 2. The molecule has 1 aliphatic carbocycles. The molecule has 1 heterocycles. The molecule has 1 saturated carbocycles. The van der Waals surface area contributed by atoms with Crippen LogP contribution in [0.1, 0.15) is 25.7 Å². The summed E-state index contributed by atoms with van der Waals surface area (Å²) in [6.07, 6.45) is 7.99. The molecule has 0 radical (unpaired) electrons. The second-order valence-electron chi connectivity index (χ2n) is 6.21. The van der Waals surface area contributed by atoms with Crippen LogP contribution in [-0.4, -0.2) is 34.8 Å². The highest BCUT2D eigenvalue weighted by molar-refractivity contribution is 5.90. The number of imidazole rings is 1. The Morgan fingerprint density at radius 2 is 2.17 bits per heavy atom. The van der Waals surface area contributed by atoms with Gasteiger partial charge < -0.3 is 19.9 Å². The summed E-state index contributed by atoms with van der Waals surface area (Å²) in [4.78, 5) is 16.6. The summed E-state index contributed by atoms with van der Waals surface area (Å²) < 4.78 is 7.43. The van der Waals surface area contributed by atoms with Crippen molar-refractivity contribution in [1.29, 1.82) is 0 Å². The first-order valence-corrected chi connectivity index (χ1v) is 8.35. The Kier molecular flexibility index (Phi) is 5.15. The molecule has 6 nitrogen and oxygen atoms in total. The van der Waals surface area contributed by atoms with Crippen molar-refractivity contribution in [1.82, 2.24) is 14.9 Å². The molecule has 0 aliphatic heterocycles. The highest BCUT2D eigenvalue weighted by Gasteiger charge is 2.26. The Morgan fingerprint density at radius 1 is 1.33 bits per heavy atom. The molecule has 24 heavy (non-hydrogen) atoms. The smallest absolute Gasteiger partial charge is 0.319 e. The SMILES string of the molecule is COC1CCCCC1NC(=O)Nc1cccc(-c2nccn2C)c1. The van der Waals surface area contributed by atoms with Crippen LogP contribution < -0.4 is 10.6 Å². The van der Waals surface area contributed by atoms with Gasteiger partial charge in [0.15, 0.2) is 0 Å². The van der Waals surface area contributed by atoms with Crippen molar-refractivity contribution < 1.29 is 9.53 Å². The second-order valence-corrected chi connectivity index (χ2v) is 6.21. The Hall–Kier alpha value is -2.34. The molecule has 2 unspecified atom stereocenters. The van der Waals surface area contributed by atoms with Crippen LogP contribution in [0.25, 0.3) is 11.4 Å². The monoisotopic (exact) mass is 328 g/mol. The van der Waals surface area contributed by atoms with E-state index < -0.39 is 0 Å². The van der Waals surface area contributed by atoms with Crippen molar-refractivity contribution in [2.75, 3.05) is 12.4 Å². The van der Waals surface area contributed by atoms with E-state index >= 15 is 0 Å². The lowest BCUT2D eigenvalue weighted by molar-refractivity contribution is 0.0459. The molecule has 2 atom stereocenters. The normalized spacial score (nSPS) is 20.6. The third kappa shape index (κ3) is 3.76. The number of hydrogen-bond acceptors (Lipinski definition) is 3. The number of aromatic nitrogens is 2. The minimum Gasteiger partial charge on any atom is -0.379 e. The predicted octanol–water partition coefficient (Wildman–Crippen LogP) is 3.17. The molecule has 6 heteroatoms. The van der Waals surface area contributed by atoms with Gasteiger partial charge in [-0.1, -0.05) is 25.0 Å². The van der Waals surface area contributed by atoms with Gasteiger partial charge in [-0.2, -0.15) is 0 Å². The van der Waals surface area contributed by atoms with Crippen LogP contribution >= 0.6 is 0 Å². The zero-order valence-corrected chi connectivity index (χ0v) is 14.2. The minimum absolute atomic E-state index is 0.0708. The number of amides is 2. The molecule has 2 aromatic rings. The number of hydrogen-bond donors (Lipinski definition) is 2. The summed E-state index contributed by atoms with van der Waals surface area (Å²) in [6.45, 7) is 0. The molecule has 1 aliphatic rings. The highest BCUT2D eigenvalue weighted by atomic mass is 16.5. The van der Waals surface area contributed by atoms with Gasteiger partial charge in [0.05, 0.1) is 12.1 Å². The fraction of sp³-hybridized carbons (Fsp3) is 0.444. The van der Waals surface area contributed by atoms with Crippen LogP contribution in [0.5, 0.6) is 0 Å². The fourth-order valence-corrected chi connectivity index (χ4v) is 3.26. The number of ether oxygens (including phenoxy) is 1. The number of benzene rings is 1. The zero-order valence-electron chi connectivity index (χ0n) is 14.2. The number of carbonyl (C=O) groups excluding carboxylic acids is 1. The van der Waals surface area contributed by atoms with Crippen LogP contribution in [0.4, 0.5) is 10.5 Å². The topological polar surface area (TPSA) is 68.2 Å². The number of carbonyl (C=O) groups is 1. The maximum Gasteiger partial charge on any atom is 0.319 e. The van der Waals surface area contributed by atoms with E-state index in [0.717, 1.165) is 42.8 Å². The van der Waals surface area contributed by atoms with E-state index in [1.807, 2.05) is 42.1 Å². The van der Waals surface area contributed by atoms with Crippen LogP contribution in [0.3, 0.4) is 0 Å². The van der Waals surface area contributed by atoms with Crippen molar-refractivity contribution in [2.24, 2.45) is 7.05 Å². The number of methoxy groups -OCH3 is 1. The number of rotatable bonds is 4. The Bertz CT molecular complexity index is 698. The number of urea groups is 1. The Morgan fingerprint density at radius 3 is 2.92 bits per heavy atom. The van der Waals surface area contributed by atoms with E-state index in [9.17, 15) is 4.79 Å². The third-order valence-electron chi connectivity index (χ3n) is 4.52. The Labute approximate surface area is 142 Å². The molecular formula is C18H24N4O2. The summed E-state index contributed by atoms with van der Waals surface area (Å²) in [5.41, 5.74) is 1.71. The molecule has 2 amide bonds. The summed E-state index contributed by atoms with van der Waals surface area (Å²) in [7, 11) is 3.65. The molecule has 0 saturated heterocycles. The zero-order chi connectivity index (χ0) is 16.9. The molecule has 3 rings (SSSR count). The predicted molar refractivity (Wildman–Crippen MR) is 93.9 cm³/mol. The van der Waals surface area contributed by atoms with Crippen molar-refractivity contribution in [3.05, 3.63) is 36.7 Å². The van der Waals surface area contributed by atoms with Crippen molar-refractivity contribution in [2.45, 2.75) is 37.8 Å².